The van der Waals surface area contributed by atoms with Crippen LogP contribution in [-0.2, 0) is 4.79 Å². The number of nitrogens with zero attached hydrogens (tertiary/aromatic N) is 2. The van der Waals surface area contributed by atoms with Crippen molar-refractivity contribution in [2.45, 2.75) is 13.8 Å². The van der Waals surface area contributed by atoms with Crippen molar-refractivity contribution in [2.75, 3.05) is 18.0 Å². The van der Waals surface area contributed by atoms with Gasteiger partial charge in [-0.3, -0.25) is 4.90 Å². The minimum atomic E-state index is -0.112. The smallest absolute Gasteiger partial charge is 0.323 e. The first-order valence-corrected chi connectivity index (χ1v) is 4.54. The molecule has 2 heterocycles. The predicted molar refractivity (Wildman–Crippen MR) is 53.6 cm³/mol. The summed E-state index contributed by atoms with van der Waals surface area (Å²) in [6.07, 6.45) is 1.45. The van der Waals surface area contributed by atoms with Gasteiger partial charge in [0.25, 0.3) is 0 Å². The Bertz CT molecular complexity index is 330. The van der Waals surface area contributed by atoms with Crippen LogP contribution in [0.2, 0.25) is 0 Å². The van der Waals surface area contributed by atoms with Crippen LogP contribution in [0.15, 0.2) is 16.9 Å². The van der Waals surface area contributed by atoms with Crippen molar-refractivity contribution >= 4 is 17.6 Å². The molecule has 1 aromatic rings. The van der Waals surface area contributed by atoms with Crippen molar-refractivity contribution in [1.82, 2.24) is 10.5 Å². The van der Waals surface area contributed by atoms with E-state index in [-0.39, 0.29) is 11.8 Å². The van der Waals surface area contributed by atoms with Gasteiger partial charge in [-0.1, -0.05) is 5.16 Å². The number of ketones is 1. The molecule has 15 heavy (non-hydrogen) atoms. The number of Topliss-reactive ketones (excluding diaryl/α,β-unsaturated/α-hetero) is 1. The molecule has 1 fully saturated rings. The van der Waals surface area contributed by atoms with Gasteiger partial charge in [-0.15, -0.1) is 0 Å². The minimum Gasteiger partial charge on any atom is -0.363 e. The summed E-state index contributed by atoms with van der Waals surface area (Å²) in [5.41, 5.74) is 0. The predicted octanol–water partition coefficient (Wildman–Crippen LogP) is 0.799. The van der Waals surface area contributed by atoms with Gasteiger partial charge in [-0.05, 0) is 13.8 Å². The Kier molecular flexibility index (Phi) is 3.84. The van der Waals surface area contributed by atoms with Gasteiger partial charge in [0.05, 0.1) is 0 Å². The van der Waals surface area contributed by atoms with Crippen molar-refractivity contribution in [2.24, 2.45) is 0 Å². The van der Waals surface area contributed by atoms with E-state index in [4.69, 9.17) is 0 Å². The van der Waals surface area contributed by atoms with Crippen molar-refractivity contribution in [3.8, 4) is 0 Å². The van der Waals surface area contributed by atoms with Crippen LogP contribution in [0.3, 0.4) is 0 Å². The maximum atomic E-state index is 11.0. The molecule has 0 radical (unpaired) electrons. The van der Waals surface area contributed by atoms with E-state index < -0.39 is 0 Å². The van der Waals surface area contributed by atoms with Crippen molar-refractivity contribution in [3.05, 3.63) is 12.3 Å². The molecule has 0 saturated carbocycles. The molecular weight excluding hydrogens is 198 g/mol. The van der Waals surface area contributed by atoms with Gasteiger partial charge >= 0.3 is 6.03 Å². The zero-order chi connectivity index (χ0) is 11.3. The van der Waals surface area contributed by atoms with Gasteiger partial charge < -0.3 is 14.6 Å². The number of hydrogen-bond acceptors (Lipinski definition) is 4. The molecule has 0 atom stereocenters. The molecule has 1 aliphatic rings. The highest BCUT2D eigenvalue weighted by molar-refractivity contribution is 5.92. The quantitative estimate of drug-likeness (QED) is 0.745. The summed E-state index contributed by atoms with van der Waals surface area (Å²) in [5.74, 6) is 0.736. The molecule has 82 valence electrons. The number of amides is 2. The van der Waals surface area contributed by atoms with E-state index in [0.717, 1.165) is 0 Å². The summed E-state index contributed by atoms with van der Waals surface area (Å²) in [6.45, 7) is 4.39. The average Bonchev–Trinajstić information content (AvgIpc) is 2.71. The SMILES string of the molecule is CC(C)=O.O=C1NCCN1c1ccon1. The molecule has 1 saturated heterocycles. The zero-order valence-corrected chi connectivity index (χ0v) is 8.69. The summed E-state index contributed by atoms with van der Waals surface area (Å²) >= 11 is 0. The number of nitrogens with one attached hydrogen (secondary N) is 1. The second kappa shape index (κ2) is 5.14. The molecule has 0 aromatic carbocycles. The lowest BCUT2D eigenvalue weighted by Crippen LogP contribution is -2.27. The fourth-order valence-electron chi connectivity index (χ4n) is 1.04. The number of hydrogen-bond donors (Lipinski definition) is 1. The molecular formula is C9H13N3O3. The Morgan fingerprint density at radius 2 is 2.27 bits per heavy atom. The monoisotopic (exact) mass is 211 g/mol. The molecule has 2 amide bonds. The van der Waals surface area contributed by atoms with E-state index in [1.165, 1.54) is 25.0 Å². The van der Waals surface area contributed by atoms with Gasteiger partial charge in [0.1, 0.15) is 12.0 Å². The largest absolute Gasteiger partial charge is 0.363 e. The van der Waals surface area contributed by atoms with E-state index in [9.17, 15) is 9.59 Å². The second-order valence-electron chi connectivity index (χ2n) is 3.15. The van der Waals surface area contributed by atoms with E-state index in [1.54, 1.807) is 6.07 Å². The number of rotatable bonds is 1. The summed E-state index contributed by atoms with van der Waals surface area (Å²) in [7, 11) is 0. The first-order valence-electron chi connectivity index (χ1n) is 4.54. The Balaban J connectivity index is 0.000000245. The molecule has 6 nitrogen and oxygen atoms in total. The Morgan fingerprint density at radius 3 is 2.67 bits per heavy atom. The highest BCUT2D eigenvalue weighted by Gasteiger charge is 2.22. The first kappa shape index (κ1) is 11.2. The van der Waals surface area contributed by atoms with Crippen LogP contribution in [0.25, 0.3) is 0 Å². The van der Waals surface area contributed by atoms with Gasteiger partial charge in [-0.25, -0.2) is 4.79 Å². The van der Waals surface area contributed by atoms with Gasteiger partial charge in [0.15, 0.2) is 5.82 Å². The summed E-state index contributed by atoms with van der Waals surface area (Å²) in [5, 5.41) is 6.30. The van der Waals surface area contributed by atoms with Crippen LogP contribution in [-0.4, -0.2) is 30.1 Å². The zero-order valence-electron chi connectivity index (χ0n) is 8.69. The van der Waals surface area contributed by atoms with Gasteiger partial charge in [-0.2, -0.15) is 0 Å². The van der Waals surface area contributed by atoms with Crippen LogP contribution in [0.1, 0.15) is 13.8 Å². The normalized spacial score (nSPS) is 14.3. The van der Waals surface area contributed by atoms with Gasteiger partial charge in [0, 0.05) is 19.2 Å². The maximum absolute atomic E-state index is 11.0. The minimum absolute atomic E-state index is 0.112. The van der Waals surface area contributed by atoms with Crippen molar-refractivity contribution in [3.63, 3.8) is 0 Å². The molecule has 0 aliphatic carbocycles. The maximum Gasteiger partial charge on any atom is 0.323 e. The average molecular weight is 211 g/mol. The molecule has 1 N–H and O–H groups in total. The number of anilines is 1. The molecule has 1 aliphatic heterocycles. The Labute approximate surface area is 87.2 Å². The van der Waals surface area contributed by atoms with Gasteiger partial charge in [0.2, 0.25) is 0 Å². The molecule has 6 heteroatoms. The molecule has 0 spiro atoms. The Hall–Kier alpha value is -1.85. The highest BCUT2D eigenvalue weighted by Crippen LogP contribution is 2.11. The summed E-state index contributed by atoms with van der Waals surface area (Å²) in [4.78, 5) is 22.0. The summed E-state index contributed by atoms with van der Waals surface area (Å²) < 4.78 is 4.60. The molecule has 1 aromatic heterocycles. The standard InChI is InChI=1S/C6H7N3O2.C3H6O/c10-6-7-2-3-9(6)5-1-4-11-8-5;1-3(2)4/h1,4H,2-3H2,(H,7,10);1-2H3. The van der Waals surface area contributed by atoms with Crippen molar-refractivity contribution < 1.29 is 14.1 Å². The van der Waals surface area contributed by atoms with Crippen molar-refractivity contribution in [1.29, 1.82) is 0 Å². The van der Waals surface area contributed by atoms with E-state index >= 15 is 0 Å². The third-order valence-electron chi connectivity index (χ3n) is 1.56. The first-order chi connectivity index (χ1) is 7.11. The van der Waals surface area contributed by atoms with E-state index in [1.807, 2.05) is 0 Å². The third-order valence-corrected chi connectivity index (χ3v) is 1.56. The number of aromatic nitrogens is 1. The molecule has 0 bridgehead atoms. The number of carbonyl (C=O) groups is 2. The number of urea groups is 1. The fraction of sp³-hybridized carbons (Fsp3) is 0.444. The fourth-order valence-corrected chi connectivity index (χ4v) is 1.04. The highest BCUT2D eigenvalue weighted by atomic mass is 16.5. The van der Waals surface area contributed by atoms with Crippen LogP contribution < -0.4 is 10.2 Å². The van der Waals surface area contributed by atoms with Crippen LogP contribution in [0.5, 0.6) is 0 Å². The topological polar surface area (TPSA) is 75.4 Å². The molecule has 0 unspecified atom stereocenters. The lowest BCUT2D eigenvalue weighted by atomic mass is 10.5. The Morgan fingerprint density at radius 1 is 1.60 bits per heavy atom. The van der Waals surface area contributed by atoms with Crippen LogP contribution in [0.4, 0.5) is 10.6 Å². The number of carbonyl (C=O) groups excluding carboxylic acids is 2. The van der Waals surface area contributed by atoms with Crippen LogP contribution in [0, 0.1) is 0 Å². The second-order valence-corrected chi connectivity index (χ2v) is 3.15. The third kappa shape index (κ3) is 3.41. The lowest BCUT2D eigenvalue weighted by Gasteiger charge is -2.07. The molecule has 2 rings (SSSR count). The van der Waals surface area contributed by atoms with E-state index in [2.05, 4.69) is 15.0 Å². The van der Waals surface area contributed by atoms with E-state index in [0.29, 0.717) is 18.9 Å². The lowest BCUT2D eigenvalue weighted by molar-refractivity contribution is -0.114. The summed E-state index contributed by atoms with van der Waals surface area (Å²) in [6, 6.07) is 1.55. The van der Waals surface area contributed by atoms with Crippen LogP contribution >= 0.6 is 0 Å².